The van der Waals surface area contributed by atoms with Crippen molar-refractivity contribution >= 4 is 17.0 Å². The summed E-state index contributed by atoms with van der Waals surface area (Å²) < 4.78 is 18.9. The minimum absolute atomic E-state index is 0.00612. The van der Waals surface area contributed by atoms with E-state index in [2.05, 4.69) is 12.2 Å². The first-order chi connectivity index (χ1) is 9.16. The molecule has 0 rings (SSSR count). The molecular formula is C14H29NO3S. The molecule has 0 aliphatic carbocycles. The van der Waals surface area contributed by atoms with Crippen molar-refractivity contribution in [1.29, 1.82) is 0 Å². The summed E-state index contributed by atoms with van der Waals surface area (Å²) in [6, 6.07) is 0. The van der Waals surface area contributed by atoms with Gasteiger partial charge < -0.3 is 9.87 Å². The largest absolute Gasteiger partial charge is 0.355 e. The number of hydrogen-bond acceptors (Lipinski definition) is 2. The number of unbranched alkanes of at least 4 members (excludes halogenated alkanes) is 8. The van der Waals surface area contributed by atoms with Crippen LogP contribution in [0.1, 0.15) is 71.1 Å². The number of carbonyl (C=O) groups is 1. The highest BCUT2D eigenvalue weighted by Crippen LogP contribution is 2.10. The third kappa shape index (κ3) is 15.5. The predicted molar refractivity (Wildman–Crippen MR) is 80.5 cm³/mol. The highest BCUT2D eigenvalue weighted by Gasteiger charge is 2.01. The molecule has 0 bridgehead atoms. The smallest absolute Gasteiger partial charge is 0.220 e. The molecule has 1 atom stereocenters. The first kappa shape index (κ1) is 18.6. The van der Waals surface area contributed by atoms with Crippen molar-refractivity contribution in [3.63, 3.8) is 0 Å². The van der Waals surface area contributed by atoms with Crippen LogP contribution in [0, 0.1) is 0 Å². The minimum atomic E-state index is -1.81. The lowest BCUT2D eigenvalue weighted by molar-refractivity contribution is -0.121. The maximum absolute atomic E-state index is 11.3. The van der Waals surface area contributed by atoms with Crippen LogP contribution in [0.15, 0.2) is 0 Å². The van der Waals surface area contributed by atoms with E-state index < -0.39 is 11.1 Å². The van der Waals surface area contributed by atoms with Gasteiger partial charge in [-0.05, 0) is 6.42 Å². The van der Waals surface area contributed by atoms with Crippen molar-refractivity contribution in [2.75, 3.05) is 12.3 Å². The molecular weight excluding hydrogens is 262 g/mol. The molecule has 114 valence electrons. The van der Waals surface area contributed by atoms with Crippen LogP contribution in [0.3, 0.4) is 0 Å². The molecule has 0 spiro atoms. The summed E-state index contributed by atoms with van der Waals surface area (Å²) >= 11 is -1.81. The van der Waals surface area contributed by atoms with E-state index >= 15 is 0 Å². The molecule has 1 unspecified atom stereocenters. The fraction of sp³-hybridized carbons (Fsp3) is 0.929. The molecule has 0 saturated carbocycles. The van der Waals surface area contributed by atoms with Crippen LogP contribution in [0.25, 0.3) is 0 Å². The quantitative estimate of drug-likeness (QED) is 0.404. The second-order valence-corrected chi connectivity index (χ2v) is 6.01. The van der Waals surface area contributed by atoms with E-state index in [1.54, 1.807) is 0 Å². The molecule has 0 aromatic carbocycles. The van der Waals surface area contributed by atoms with Gasteiger partial charge in [0.15, 0.2) is 11.1 Å². The molecule has 4 nitrogen and oxygen atoms in total. The van der Waals surface area contributed by atoms with Crippen LogP contribution in [0.5, 0.6) is 0 Å². The van der Waals surface area contributed by atoms with Crippen LogP contribution in [0.4, 0.5) is 0 Å². The topological polar surface area (TPSA) is 66.4 Å². The average Bonchev–Trinajstić information content (AvgIpc) is 2.36. The zero-order chi connectivity index (χ0) is 14.3. The Bertz CT molecular complexity index is 247. The maximum atomic E-state index is 11.3. The molecule has 0 aliphatic rings. The van der Waals surface area contributed by atoms with Gasteiger partial charge in [0.1, 0.15) is 0 Å². The maximum Gasteiger partial charge on any atom is 0.220 e. The third-order valence-corrected chi connectivity index (χ3v) is 3.66. The van der Waals surface area contributed by atoms with Crippen molar-refractivity contribution < 1.29 is 13.6 Å². The van der Waals surface area contributed by atoms with E-state index in [4.69, 9.17) is 4.55 Å². The lowest BCUT2D eigenvalue weighted by Crippen LogP contribution is -2.27. The second kappa shape index (κ2) is 14.0. The Hall–Kier alpha value is -0.420. The Morgan fingerprint density at radius 2 is 1.53 bits per heavy atom. The zero-order valence-electron chi connectivity index (χ0n) is 12.2. The lowest BCUT2D eigenvalue weighted by Gasteiger charge is -2.04. The van der Waals surface area contributed by atoms with Crippen LogP contribution >= 0.6 is 0 Å². The van der Waals surface area contributed by atoms with Crippen molar-refractivity contribution in [1.82, 2.24) is 5.32 Å². The summed E-state index contributed by atoms with van der Waals surface area (Å²) in [5.74, 6) is 0.108. The number of carbonyl (C=O) groups excluding carboxylic acids is 1. The Kier molecular flexibility index (Phi) is 13.7. The first-order valence-electron chi connectivity index (χ1n) is 7.51. The van der Waals surface area contributed by atoms with E-state index in [-0.39, 0.29) is 11.7 Å². The molecule has 0 aromatic rings. The van der Waals surface area contributed by atoms with E-state index in [0.29, 0.717) is 13.0 Å². The van der Waals surface area contributed by atoms with Gasteiger partial charge in [-0.1, -0.05) is 58.3 Å². The fourth-order valence-corrected chi connectivity index (χ4v) is 2.24. The van der Waals surface area contributed by atoms with E-state index in [1.165, 1.54) is 44.9 Å². The van der Waals surface area contributed by atoms with Gasteiger partial charge in [-0.15, -0.1) is 0 Å². The molecule has 0 aromatic heterocycles. The highest BCUT2D eigenvalue weighted by molar-refractivity contribution is 7.79. The molecule has 0 radical (unpaired) electrons. The van der Waals surface area contributed by atoms with Gasteiger partial charge in [0.2, 0.25) is 5.91 Å². The van der Waals surface area contributed by atoms with Gasteiger partial charge in [-0.2, -0.15) is 0 Å². The second-order valence-electron chi connectivity index (χ2n) is 4.95. The summed E-state index contributed by atoms with van der Waals surface area (Å²) in [5, 5.41) is 2.65. The Morgan fingerprint density at radius 1 is 1.00 bits per heavy atom. The highest BCUT2D eigenvalue weighted by atomic mass is 32.2. The van der Waals surface area contributed by atoms with Gasteiger partial charge in [0.25, 0.3) is 0 Å². The molecule has 2 N–H and O–H groups in total. The number of nitrogens with one attached hydrogen (secondary N) is 1. The molecule has 0 heterocycles. The molecule has 0 aliphatic heterocycles. The number of hydrogen-bond donors (Lipinski definition) is 2. The predicted octanol–water partition coefficient (Wildman–Crippen LogP) is 3.25. The van der Waals surface area contributed by atoms with Gasteiger partial charge in [-0.3, -0.25) is 4.79 Å². The third-order valence-electron chi connectivity index (χ3n) is 3.11. The lowest BCUT2D eigenvalue weighted by atomic mass is 10.1. The molecule has 1 amide bonds. The van der Waals surface area contributed by atoms with Gasteiger partial charge >= 0.3 is 0 Å². The molecule has 0 saturated heterocycles. The van der Waals surface area contributed by atoms with Crippen LogP contribution in [-0.4, -0.2) is 27.0 Å². The molecule has 19 heavy (non-hydrogen) atoms. The van der Waals surface area contributed by atoms with Gasteiger partial charge in [-0.25, -0.2) is 4.21 Å². The van der Waals surface area contributed by atoms with E-state index in [1.807, 2.05) is 0 Å². The normalized spacial score (nSPS) is 12.3. The van der Waals surface area contributed by atoms with Gasteiger partial charge in [0.05, 0.1) is 5.75 Å². The van der Waals surface area contributed by atoms with Crippen LogP contribution < -0.4 is 5.32 Å². The van der Waals surface area contributed by atoms with E-state index in [0.717, 1.165) is 12.8 Å². The number of amides is 1. The summed E-state index contributed by atoms with van der Waals surface area (Å²) in [6.45, 7) is 2.52. The van der Waals surface area contributed by atoms with Crippen molar-refractivity contribution in [2.24, 2.45) is 0 Å². The summed E-state index contributed by atoms with van der Waals surface area (Å²) in [4.78, 5) is 11.3. The minimum Gasteiger partial charge on any atom is -0.355 e. The van der Waals surface area contributed by atoms with Crippen LogP contribution in [-0.2, 0) is 15.9 Å². The zero-order valence-corrected chi connectivity index (χ0v) is 13.0. The van der Waals surface area contributed by atoms with Crippen molar-refractivity contribution in [2.45, 2.75) is 71.1 Å². The Balaban J connectivity index is 3.16. The summed E-state index contributed by atoms with van der Waals surface area (Å²) in [7, 11) is 0. The van der Waals surface area contributed by atoms with Crippen LogP contribution in [0.2, 0.25) is 0 Å². The van der Waals surface area contributed by atoms with Crippen molar-refractivity contribution in [3.05, 3.63) is 0 Å². The number of rotatable bonds is 13. The van der Waals surface area contributed by atoms with Gasteiger partial charge in [0, 0.05) is 13.0 Å². The molecule has 5 heteroatoms. The standard InChI is InChI=1S/C14H29NO3S/c1-2-3-4-5-6-7-8-9-10-11-14(16)15-12-13-19(17)18/h2-13H2,1H3,(H,15,16)(H,17,18). The van der Waals surface area contributed by atoms with E-state index in [9.17, 15) is 9.00 Å². The first-order valence-corrected chi connectivity index (χ1v) is 8.78. The summed E-state index contributed by atoms with van der Waals surface area (Å²) in [6.07, 6.45) is 11.7. The monoisotopic (exact) mass is 291 g/mol. The fourth-order valence-electron chi connectivity index (χ4n) is 1.96. The molecule has 0 fully saturated rings. The SMILES string of the molecule is CCCCCCCCCCCC(=O)NCCS(=O)O. The summed E-state index contributed by atoms with van der Waals surface area (Å²) in [5.41, 5.74) is 0. The Morgan fingerprint density at radius 3 is 2.05 bits per heavy atom. The van der Waals surface area contributed by atoms with Crippen molar-refractivity contribution in [3.8, 4) is 0 Å². The Labute approximate surface area is 120 Å². The average molecular weight is 291 g/mol.